The SMILES string of the molecule is CC[Si](CC)(CC)[C@]12CC(C(=O)OC)(C(=O)OC)C(=O)[C@H]1O2. The Kier molecular flexibility index (Phi) is 4.25. The second-order valence-corrected chi connectivity index (χ2v) is 11.7. The quantitative estimate of drug-likeness (QED) is 0.318. The zero-order valence-corrected chi connectivity index (χ0v) is 14.9. The summed E-state index contributed by atoms with van der Waals surface area (Å²) in [6, 6.07) is 2.84. The lowest BCUT2D eigenvalue weighted by Crippen LogP contribution is -2.52. The lowest BCUT2D eigenvalue weighted by Gasteiger charge is -2.35. The van der Waals surface area contributed by atoms with Crippen LogP contribution < -0.4 is 0 Å². The second kappa shape index (κ2) is 5.45. The zero-order chi connectivity index (χ0) is 16.8. The van der Waals surface area contributed by atoms with E-state index in [0.29, 0.717) is 0 Å². The summed E-state index contributed by atoms with van der Waals surface area (Å²) in [6.45, 7) is 6.31. The Morgan fingerprint density at radius 3 is 1.95 bits per heavy atom. The molecule has 7 heteroatoms. The molecule has 1 aliphatic heterocycles. The summed E-state index contributed by atoms with van der Waals surface area (Å²) in [5, 5.41) is -0.620. The maximum atomic E-state index is 12.8. The van der Waals surface area contributed by atoms with E-state index in [4.69, 9.17) is 14.2 Å². The first-order valence-electron chi connectivity index (χ1n) is 7.74. The molecule has 0 radical (unpaired) electrons. The van der Waals surface area contributed by atoms with Crippen LogP contribution in [0.25, 0.3) is 0 Å². The number of Topliss-reactive ketones (excluding diaryl/α,β-unsaturated/α-hetero) is 1. The fourth-order valence-electron chi connectivity index (χ4n) is 4.30. The molecule has 2 fully saturated rings. The highest BCUT2D eigenvalue weighted by Crippen LogP contribution is 2.62. The van der Waals surface area contributed by atoms with E-state index in [-0.39, 0.29) is 6.42 Å². The Hall–Kier alpha value is -1.21. The molecule has 0 aromatic carbocycles. The highest BCUT2D eigenvalue weighted by molar-refractivity contribution is 6.84. The second-order valence-electron chi connectivity index (χ2n) is 6.16. The molecule has 0 unspecified atom stereocenters. The van der Waals surface area contributed by atoms with Gasteiger partial charge in [0.2, 0.25) is 5.41 Å². The topological polar surface area (TPSA) is 82.2 Å². The van der Waals surface area contributed by atoms with Crippen molar-refractivity contribution >= 4 is 25.8 Å². The predicted molar refractivity (Wildman–Crippen MR) is 80.9 cm³/mol. The number of carbonyl (C=O) groups is 3. The molecule has 0 N–H and O–H groups in total. The first-order valence-corrected chi connectivity index (χ1v) is 10.4. The van der Waals surface area contributed by atoms with E-state index < -0.39 is 42.5 Å². The van der Waals surface area contributed by atoms with Crippen LogP contribution in [0.1, 0.15) is 27.2 Å². The minimum Gasteiger partial charge on any atom is -0.468 e. The molecule has 2 rings (SSSR count). The molecule has 1 heterocycles. The van der Waals surface area contributed by atoms with Gasteiger partial charge in [-0.2, -0.15) is 0 Å². The van der Waals surface area contributed by atoms with Gasteiger partial charge in [-0.1, -0.05) is 38.9 Å². The van der Waals surface area contributed by atoms with Gasteiger partial charge in [0.05, 0.1) is 27.5 Å². The molecule has 0 aromatic heterocycles. The number of methoxy groups -OCH3 is 2. The van der Waals surface area contributed by atoms with Gasteiger partial charge in [0.25, 0.3) is 0 Å². The summed E-state index contributed by atoms with van der Waals surface area (Å²) in [6.07, 6.45) is -0.581. The maximum absolute atomic E-state index is 12.8. The van der Waals surface area contributed by atoms with E-state index >= 15 is 0 Å². The first-order chi connectivity index (χ1) is 10.4. The maximum Gasteiger partial charge on any atom is 0.331 e. The van der Waals surface area contributed by atoms with Gasteiger partial charge in [-0.3, -0.25) is 14.4 Å². The van der Waals surface area contributed by atoms with Crippen LogP contribution in [-0.2, 0) is 28.6 Å². The van der Waals surface area contributed by atoms with Crippen molar-refractivity contribution in [3.63, 3.8) is 0 Å². The number of hydrogen-bond donors (Lipinski definition) is 0. The number of carbonyl (C=O) groups excluding carboxylic acids is 3. The summed E-state index contributed by atoms with van der Waals surface area (Å²) in [5.74, 6) is -2.14. The molecule has 0 spiro atoms. The van der Waals surface area contributed by atoms with Crippen LogP contribution in [0.15, 0.2) is 0 Å². The largest absolute Gasteiger partial charge is 0.468 e. The number of ether oxygens (including phenoxy) is 3. The molecule has 22 heavy (non-hydrogen) atoms. The van der Waals surface area contributed by atoms with E-state index in [1.165, 1.54) is 14.2 Å². The highest BCUT2D eigenvalue weighted by Gasteiger charge is 2.83. The predicted octanol–water partition coefficient (Wildman–Crippen LogP) is 1.48. The molecular formula is C15H24O6Si. The number of fused-ring (bicyclic) bond motifs is 1. The smallest absolute Gasteiger partial charge is 0.331 e. The third-order valence-corrected chi connectivity index (χ3v) is 12.3. The molecule has 1 saturated heterocycles. The molecular weight excluding hydrogens is 304 g/mol. The summed E-state index contributed by atoms with van der Waals surface area (Å²) in [4.78, 5) is 37.3. The van der Waals surface area contributed by atoms with Gasteiger partial charge in [-0.15, -0.1) is 0 Å². The monoisotopic (exact) mass is 328 g/mol. The van der Waals surface area contributed by atoms with E-state index in [0.717, 1.165) is 18.1 Å². The average Bonchev–Trinajstić information content (AvgIpc) is 3.22. The number of hydrogen-bond acceptors (Lipinski definition) is 6. The molecule has 2 atom stereocenters. The van der Waals surface area contributed by atoms with Gasteiger partial charge in [0.15, 0.2) is 5.78 Å². The van der Waals surface area contributed by atoms with Crippen molar-refractivity contribution in [3.05, 3.63) is 0 Å². The molecule has 0 bridgehead atoms. The summed E-state index contributed by atoms with van der Waals surface area (Å²) >= 11 is 0. The lowest BCUT2D eigenvalue weighted by atomic mass is 9.84. The van der Waals surface area contributed by atoms with Crippen molar-refractivity contribution < 1.29 is 28.6 Å². The fourth-order valence-corrected chi connectivity index (χ4v) is 9.29. The van der Waals surface area contributed by atoms with E-state index in [9.17, 15) is 14.4 Å². The van der Waals surface area contributed by atoms with Crippen molar-refractivity contribution in [3.8, 4) is 0 Å². The van der Waals surface area contributed by atoms with Crippen molar-refractivity contribution in [2.75, 3.05) is 14.2 Å². The van der Waals surface area contributed by atoms with E-state index in [2.05, 4.69) is 20.8 Å². The van der Waals surface area contributed by atoms with Crippen molar-refractivity contribution in [1.82, 2.24) is 0 Å². The highest BCUT2D eigenvalue weighted by atomic mass is 28.3. The standard InChI is InChI=1S/C15H24O6Si/c1-6-22(7-2,8-3)15-9-14(12(17)19-4,13(18)20-5)10(16)11(15)21-15/h11H,6-9H2,1-5H3/t11-,15-/m1/s1. The van der Waals surface area contributed by atoms with Gasteiger partial charge in [-0.25, -0.2) is 0 Å². The first kappa shape index (κ1) is 17.1. The summed E-state index contributed by atoms with van der Waals surface area (Å²) in [7, 11) is 0.424. The number of rotatable bonds is 6. The zero-order valence-electron chi connectivity index (χ0n) is 13.9. The lowest BCUT2D eigenvalue weighted by molar-refractivity contribution is -0.173. The number of esters is 2. The van der Waals surface area contributed by atoms with Crippen molar-refractivity contribution in [1.29, 1.82) is 0 Å². The van der Waals surface area contributed by atoms with Crippen LogP contribution in [0, 0.1) is 5.41 Å². The Bertz CT molecular complexity index is 488. The molecule has 124 valence electrons. The third kappa shape index (κ3) is 1.78. The minimum atomic E-state index is -1.94. The number of ketones is 1. The summed E-state index contributed by atoms with van der Waals surface area (Å²) < 4.78 is 15.3. The van der Waals surface area contributed by atoms with Gasteiger partial charge in [0, 0.05) is 6.42 Å². The minimum absolute atomic E-state index is 0.0740. The molecule has 2 aliphatic rings. The van der Waals surface area contributed by atoms with E-state index in [1.54, 1.807) is 0 Å². The Morgan fingerprint density at radius 2 is 1.59 bits per heavy atom. The van der Waals surface area contributed by atoms with Gasteiger partial charge in [0.1, 0.15) is 6.10 Å². The van der Waals surface area contributed by atoms with Crippen LogP contribution in [0.4, 0.5) is 0 Å². The van der Waals surface area contributed by atoms with Crippen LogP contribution >= 0.6 is 0 Å². The Balaban J connectivity index is 2.50. The fraction of sp³-hybridized carbons (Fsp3) is 0.800. The van der Waals surface area contributed by atoms with Gasteiger partial charge in [-0.05, 0) is 0 Å². The Morgan fingerprint density at radius 1 is 1.14 bits per heavy atom. The molecule has 0 amide bonds. The molecule has 0 aromatic rings. The van der Waals surface area contributed by atoms with Crippen LogP contribution in [0.5, 0.6) is 0 Å². The van der Waals surface area contributed by atoms with Crippen LogP contribution in [-0.4, -0.2) is 51.3 Å². The molecule has 6 nitrogen and oxygen atoms in total. The van der Waals surface area contributed by atoms with Gasteiger partial charge >= 0.3 is 11.9 Å². The van der Waals surface area contributed by atoms with E-state index in [1.807, 2.05) is 0 Å². The van der Waals surface area contributed by atoms with Crippen molar-refractivity contribution in [2.45, 2.75) is 56.7 Å². The average molecular weight is 328 g/mol. The normalized spacial score (nSPS) is 29.0. The van der Waals surface area contributed by atoms with Crippen LogP contribution in [0.3, 0.4) is 0 Å². The third-order valence-electron chi connectivity index (χ3n) is 5.88. The van der Waals surface area contributed by atoms with Crippen molar-refractivity contribution in [2.24, 2.45) is 5.41 Å². The summed E-state index contributed by atoms with van der Waals surface area (Å²) in [5.41, 5.74) is -1.84. The molecule has 1 saturated carbocycles. The van der Waals surface area contributed by atoms with Gasteiger partial charge < -0.3 is 14.2 Å². The molecule has 1 aliphatic carbocycles. The van der Waals surface area contributed by atoms with Crippen LogP contribution in [0.2, 0.25) is 18.1 Å². The Labute approximate surface area is 131 Å². The number of epoxide rings is 1.